The Kier molecular flexibility index (Phi) is 4.69. The number of hydrogen-bond acceptors (Lipinski definition) is 5. The average molecular weight is 366 g/mol. The number of hydrogen-bond donors (Lipinski definition) is 2. The van der Waals surface area contributed by atoms with Crippen LogP contribution in [0, 0.1) is 0 Å². The predicted octanol–water partition coefficient (Wildman–Crippen LogP) is 1.63. The molecule has 0 atom stereocenters. The summed E-state index contributed by atoms with van der Waals surface area (Å²) >= 11 is 0. The van der Waals surface area contributed by atoms with Crippen molar-refractivity contribution in [3.63, 3.8) is 0 Å². The molecule has 0 unspecified atom stereocenters. The molecule has 0 radical (unpaired) electrons. The lowest BCUT2D eigenvalue weighted by molar-refractivity contribution is -0.134. The number of nitrogens with zero attached hydrogens (tertiary/aromatic N) is 4. The summed E-state index contributed by atoms with van der Waals surface area (Å²) in [4.78, 5) is 37.6. The van der Waals surface area contributed by atoms with Gasteiger partial charge >= 0.3 is 6.18 Å². The zero-order chi connectivity index (χ0) is 18.7. The second-order valence-electron chi connectivity index (χ2n) is 5.43. The Bertz CT molecular complexity index is 995. The Labute approximate surface area is 144 Å². The van der Waals surface area contributed by atoms with Crippen molar-refractivity contribution in [1.82, 2.24) is 24.5 Å². The number of alkyl halides is 3. The first-order chi connectivity index (χ1) is 12.4. The van der Waals surface area contributed by atoms with E-state index in [1.807, 2.05) is 0 Å². The molecule has 1 amide bonds. The monoisotopic (exact) mass is 366 g/mol. The molecule has 0 aromatic carbocycles. The number of rotatable bonds is 6. The van der Waals surface area contributed by atoms with Crippen LogP contribution in [0.1, 0.15) is 17.9 Å². The highest BCUT2D eigenvalue weighted by atomic mass is 19.4. The van der Waals surface area contributed by atoms with Crippen molar-refractivity contribution < 1.29 is 18.0 Å². The minimum absolute atomic E-state index is 0.0300. The molecule has 0 fully saturated rings. The first-order valence-corrected chi connectivity index (χ1v) is 7.52. The number of carbonyl (C=O) groups excluding carboxylic acids is 1. The standard InChI is InChI=1S/C15H13F3N6O2/c16-15(17,18)4-3-9-12-13(20-7-19-9)23-11(22-12)6-24-5-1-2-10(14(24)26)21-8-25/h1-2,5,7-8H,3-4,6H2,(H,21,25)(H,19,20,22,23). The zero-order valence-corrected chi connectivity index (χ0v) is 13.2. The summed E-state index contributed by atoms with van der Waals surface area (Å²) in [5, 5.41) is 2.30. The van der Waals surface area contributed by atoms with Crippen LogP contribution in [0.5, 0.6) is 0 Å². The Hall–Kier alpha value is -3.24. The van der Waals surface area contributed by atoms with Crippen LogP contribution in [0.25, 0.3) is 11.2 Å². The number of aromatic nitrogens is 5. The highest BCUT2D eigenvalue weighted by Crippen LogP contribution is 2.23. The van der Waals surface area contributed by atoms with Crippen molar-refractivity contribution in [3.05, 3.63) is 46.5 Å². The Morgan fingerprint density at radius 2 is 2.12 bits per heavy atom. The third kappa shape index (κ3) is 3.87. The van der Waals surface area contributed by atoms with E-state index in [9.17, 15) is 22.8 Å². The van der Waals surface area contributed by atoms with E-state index in [0.717, 1.165) is 6.33 Å². The van der Waals surface area contributed by atoms with Gasteiger partial charge in [0.1, 0.15) is 23.4 Å². The Morgan fingerprint density at radius 1 is 1.31 bits per heavy atom. The number of pyridine rings is 1. The molecule has 3 aromatic heterocycles. The number of carbonyl (C=O) groups is 1. The van der Waals surface area contributed by atoms with Gasteiger partial charge in [0.15, 0.2) is 5.65 Å². The maximum atomic E-state index is 12.4. The van der Waals surface area contributed by atoms with E-state index in [2.05, 4.69) is 25.3 Å². The van der Waals surface area contributed by atoms with Crippen LogP contribution in [-0.2, 0) is 17.8 Å². The van der Waals surface area contributed by atoms with Gasteiger partial charge in [0.2, 0.25) is 6.41 Å². The molecule has 0 aliphatic heterocycles. The van der Waals surface area contributed by atoms with E-state index in [4.69, 9.17) is 0 Å². The van der Waals surface area contributed by atoms with Gasteiger partial charge in [0.25, 0.3) is 5.56 Å². The summed E-state index contributed by atoms with van der Waals surface area (Å²) < 4.78 is 38.6. The van der Waals surface area contributed by atoms with Crippen LogP contribution in [0.4, 0.5) is 18.9 Å². The number of aryl methyl sites for hydroxylation is 1. The molecule has 8 nitrogen and oxygen atoms in total. The zero-order valence-electron chi connectivity index (χ0n) is 13.2. The minimum Gasteiger partial charge on any atom is -0.338 e. The molecule has 11 heteroatoms. The highest BCUT2D eigenvalue weighted by Gasteiger charge is 2.27. The Balaban J connectivity index is 1.89. The fraction of sp³-hybridized carbons (Fsp3) is 0.267. The number of fused-ring (bicyclic) bond motifs is 1. The first-order valence-electron chi connectivity index (χ1n) is 7.52. The van der Waals surface area contributed by atoms with Gasteiger partial charge in [0.05, 0.1) is 12.2 Å². The lowest BCUT2D eigenvalue weighted by Crippen LogP contribution is -2.23. The van der Waals surface area contributed by atoms with Crippen molar-refractivity contribution in [2.75, 3.05) is 5.32 Å². The van der Waals surface area contributed by atoms with Gasteiger partial charge in [-0.1, -0.05) is 0 Å². The second-order valence-corrected chi connectivity index (χ2v) is 5.43. The van der Waals surface area contributed by atoms with E-state index < -0.39 is 18.2 Å². The molecular weight excluding hydrogens is 353 g/mol. The molecule has 0 saturated carbocycles. The number of halogens is 3. The van der Waals surface area contributed by atoms with Crippen molar-refractivity contribution in [2.45, 2.75) is 25.6 Å². The lowest BCUT2D eigenvalue weighted by atomic mass is 10.2. The average Bonchev–Trinajstić information content (AvgIpc) is 2.99. The van der Waals surface area contributed by atoms with Crippen molar-refractivity contribution in [2.24, 2.45) is 0 Å². The van der Waals surface area contributed by atoms with Gasteiger partial charge in [-0.05, 0) is 12.1 Å². The molecule has 0 bridgehead atoms. The van der Waals surface area contributed by atoms with Crippen molar-refractivity contribution in [3.8, 4) is 0 Å². The molecule has 26 heavy (non-hydrogen) atoms. The normalized spacial score (nSPS) is 11.7. The van der Waals surface area contributed by atoms with Gasteiger partial charge in [-0.3, -0.25) is 9.59 Å². The van der Waals surface area contributed by atoms with E-state index in [1.165, 1.54) is 16.8 Å². The molecule has 0 spiro atoms. The fourth-order valence-corrected chi connectivity index (χ4v) is 2.44. The van der Waals surface area contributed by atoms with Crippen LogP contribution < -0.4 is 10.9 Å². The summed E-state index contributed by atoms with van der Waals surface area (Å²) in [5.74, 6) is 0.333. The molecule has 3 aromatic rings. The summed E-state index contributed by atoms with van der Waals surface area (Å²) in [6, 6.07) is 3.02. The Morgan fingerprint density at radius 3 is 2.85 bits per heavy atom. The topological polar surface area (TPSA) is 106 Å². The van der Waals surface area contributed by atoms with Crippen LogP contribution in [-0.4, -0.2) is 37.1 Å². The van der Waals surface area contributed by atoms with Gasteiger partial charge in [-0.25, -0.2) is 15.0 Å². The van der Waals surface area contributed by atoms with Crippen molar-refractivity contribution in [1.29, 1.82) is 0 Å². The number of H-pyrrole nitrogens is 1. The SMILES string of the molecule is O=CNc1cccn(Cc2nc3ncnc(CCC(F)(F)F)c3[nH]2)c1=O. The van der Waals surface area contributed by atoms with Crippen LogP contribution in [0.3, 0.4) is 0 Å². The molecule has 0 aliphatic carbocycles. The number of amides is 1. The highest BCUT2D eigenvalue weighted by molar-refractivity contribution is 5.73. The maximum absolute atomic E-state index is 12.4. The summed E-state index contributed by atoms with van der Waals surface area (Å²) in [6.45, 7) is 0.0300. The van der Waals surface area contributed by atoms with E-state index >= 15 is 0 Å². The predicted molar refractivity (Wildman–Crippen MR) is 85.6 cm³/mol. The smallest absolute Gasteiger partial charge is 0.338 e. The van der Waals surface area contributed by atoms with Gasteiger partial charge < -0.3 is 14.9 Å². The number of imidazole rings is 1. The number of anilines is 1. The molecule has 3 heterocycles. The van der Waals surface area contributed by atoms with Crippen molar-refractivity contribution >= 4 is 23.3 Å². The first kappa shape index (κ1) is 17.6. The molecule has 3 rings (SSSR count). The fourth-order valence-electron chi connectivity index (χ4n) is 2.44. The van der Waals surface area contributed by atoms with Gasteiger partial charge in [0, 0.05) is 19.0 Å². The van der Waals surface area contributed by atoms with Gasteiger partial charge in [-0.15, -0.1) is 0 Å². The maximum Gasteiger partial charge on any atom is 0.389 e. The quantitative estimate of drug-likeness (QED) is 0.645. The largest absolute Gasteiger partial charge is 0.389 e. The van der Waals surface area contributed by atoms with E-state index in [1.54, 1.807) is 6.07 Å². The summed E-state index contributed by atoms with van der Waals surface area (Å²) in [7, 11) is 0. The molecule has 0 saturated heterocycles. The third-order valence-corrected chi connectivity index (χ3v) is 3.62. The van der Waals surface area contributed by atoms with E-state index in [0.29, 0.717) is 17.8 Å². The lowest BCUT2D eigenvalue weighted by Gasteiger charge is -2.06. The summed E-state index contributed by atoms with van der Waals surface area (Å²) in [5.41, 5.74) is 0.395. The van der Waals surface area contributed by atoms with Crippen LogP contribution in [0.2, 0.25) is 0 Å². The molecule has 136 valence electrons. The van der Waals surface area contributed by atoms with Crippen LogP contribution >= 0.6 is 0 Å². The van der Waals surface area contributed by atoms with Crippen LogP contribution in [0.15, 0.2) is 29.5 Å². The second kappa shape index (κ2) is 6.94. The third-order valence-electron chi connectivity index (χ3n) is 3.62. The molecule has 2 N–H and O–H groups in total. The minimum atomic E-state index is -4.29. The van der Waals surface area contributed by atoms with E-state index in [-0.39, 0.29) is 30.0 Å². The number of nitrogens with one attached hydrogen (secondary N) is 2. The number of aromatic amines is 1. The molecular formula is C15H13F3N6O2. The summed E-state index contributed by atoms with van der Waals surface area (Å²) in [6.07, 6.45) is -2.55. The molecule has 0 aliphatic rings. The van der Waals surface area contributed by atoms with Gasteiger partial charge in [-0.2, -0.15) is 13.2 Å².